The zero-order valence-corrected chi connectivity index (χ0v) is 11.8. The fraction of sp³-hybridized carbons (Fsp3) is 0.933. The second kappa shape index (κ2) is 6.23. The molecule has 4 heteroatoms. The Hall–Kier alpha value is -0.610. The van der Waals surface area contributed by atoms with Gasteiger partial charge in [0.25, 0.3) is 0 Å². The molecule has 0 heterocycles. The van der Waals surface area contributed by atoms with Crippen LogP contribution in [-0.4, -0.2) is 33.9 Å². The minimum atomic E-state index is -0.795. The normalized spacial score (nSPS) is 25.8. The number of aliphatic hydroxyl groups is 2. The van der Waals surface area contributed by atoms with E-state index in [2.05, 4.69) is 5.32 Å². The highest BCUT2D eigenvalue weighted by Gasteiger charge is 2.34. The average molecular weight is 269 g/mol. The van der Waals surface area contributed by atoms with Crippen LogP contribution in [0.3, 0.4) is 0 Å². The molecular weight excluding hydrogens is 242 g/mol. The van der Waals surface area contributed by atoms with Gasteiger partial charge in [0, 0.05) is 6.54 Å². The van der Waals surface area contributed by atoms with Crippen molar-refractivity contribution >= 4 is 5.91 Å². The largest absolute Gasteiger partial charge is 0.389 e. The molecule has 2 aliphatic rings. The zero-order chi connectivity index (χ0) is 13.8. The van der Waals surface area contributed by atoms with Crippen molar-refractivity contribution in [2.24, 2.45) is 0 Å². The molecule has 1 amide bonds. The molecule has 3 N–H and O–H groups in total. The number of rotatable bonds is 4. The molecule has 0 unspecified atom stereocenters. The van der Waals surface area contributed by atoms with Gasteiger partial charge in [0.2, 0.25) is 5.91 Å². The molecule has 2 rings (SSSR count). The number of hydrogen-bond donors (Lipinski definition) is 3. The number of nitrogens with one attached hydrogen (secondary N) is 1. The lowest BCUT2D eigenvalue weighted by Crippen LogP contribution is -2.44. The molecule has 19 heavy (non-hydrogen) atoms. The van der Waals surface area contributed by atoms with E-state index in [1.54, 1.807) is 0 Å². The summed E-state index contributed by atoms with van der Waals surface area (Å²) >= 11 is 0. The van der Waals surface area contributed by atoms with Crippen LogP contribution in [0.25, 0.3) is 0 Å². The van der Waals surface area contributed by atoms with Crippen molar-refractivity contribution < 1.29 is 15.0 Å². The van der Waals surface area contributed by atoms with E-state index in [1.807, 2.05) is 0 Å². The predicted octanol–water partition coefficient (Wildman–Crippen LogP) is 1.88. The van der Waals surface area contributed by atoms with Crippen molar-refractivity contribution in [1.29, 1.82) is 0 Å². The lowest BCUT2D eigenvalue weighted by atomic mass is 9.93. The van der Waals surface area contributed by atoms with Crippen molar-refractivity contribution in [3.05, 3.63) is 0 Å². The van der Waals surface area contributed by atoms with E-state index in [9.17, 15) is 15.0 Å². The van der Waals surface area contributed by atoms with Gasteiger partial charge in [-0.3, -0.25) is 4.79 Å². The number of amides is 1. The molecule has 0 atom stereocenters. The third-order valence-electron chi connectivity index (χ3n) is 4.67. The minimum absolute atomic E-state index is 0.123. The highest BCUT2D eigenvalue weighted by Crippen LogP contribution is 2.32. The van der Waals surface area contributed by atoms with Gasteiger partial charge in [-0.2, -0.15) is 0 Å². The van der Waals surface area contributed by atoms with Crippen molar-refractivity contribution in [3.63, 3.8) is 0 Å². The average Bonchev–Trinajstić information content (AvgIpc) is 2.66. The third-order valence-corrected chi connectivity index (χ3v) is 4.67. The Balaban J connectivity index is 1.76. The van der Waals surface area contributed by atoms with Gasteiger partial charge in [-0.25, -0.2) is 0 Å². The second-order valence-electron chi connectivity index (χ2n) is 6.52. The summed E-state index contributed by atoms with van der Waals surface area (Å²) in [5, 5.41) is 23.5. The van der Waals surface area contributed by atoms with Crippen LogP contribution in [0.5, 0.6) is 0 Å². The summed E-state index contributed by atoms with van der Waals surface area (Å²) in [7, 11) is 0. The lowest BCUT2D eigenvalue weighted by Gasteiger charge is -2.28. The van der Waals surface area contributed by atoms with Crippen molar-refractivity contribution in [2.45, 2.75) is 81.8 Å². The lowest BCUT2D eigenvalue weighted by molar-refractivity contribution is -0.127. The van der Waals surface area contributed by atoms with Crippen LogP contribution in [0.4, 0.5) is 0 Å². The molecule has 2 fully saturated rings. The molecule has 0 aliphatic heterocycles. The van der Waals surface area contributed by atoms with Crippen LogP contribution in [0.2, 0.25) is 0 Å². The molecule has 4 nitrogen and oxygen atoms in total. The summed E-state index contributed by atoms with van der Waals surface area (Å²) in [6.07, 6.45) is 9.63. The van der Waals surface area contributed by atoms with Crippen molar-refractivity contribution in [2.75, 3.05) is 6.54 Å². The van der Waals surface area contributed by atoms with E-state index in [0.717, 1.165) is 51.4 Å². The number of hydrogen-bond acceptors (Lipinski definition) is 3. The van der Waals surface area contributed by atoms with Gasteiger partial charge in [-0.05, 0) is 25.7 Å². The summed E-state index contributed by atoms with van der Waals surface area (Å²) in [5.74, 6) is -0.123. The Morgan fingerprint density at radius 2 is 1.32 bits per heavy atom. The topological polar surface area (TPSA) is 69.6 Å². The summed E-state index contributed by atoms with van der Waals surface area (Å²) < 4.78 is 0. The Morgan fingerprint density at radius 3 is 1.89 bits per heavy atom. The quantitative estimate of drug-likeness (QED) is 0.683. The Morgan fingerprint density at radius 1 is 0.842 bits per heavy atom. The molecule has 0 spiro atoms. The molecule has 0 aromatic rings. The Labute approximate surface area is 115 Å². The van der Waals surface area contributed by atoms with Crippen LogP contribution < -0.4 is 5.32 Å². The van der Waals surface area contributed by atoms with E-state index >= 15 is 0 Å². The number of carbonyl (C=O) groups is 1. The van der Waals surface area contributed by atoms with Gasteiger partial charge in [0.15, 0.2) is 0 Å². The first-order valence-corrected chi connectivity index (χ1v) is 7.73. The zero-order valence-electron chi connectivity index (χ0n) is 11.8. The van der Waals surface area contributed by atoms with Gasteiger partial charge in [0.1, 0.15) is 0 Å². The molecule has 110 valence electrons. The molecule has 0 aromatic heterocycles. The van der Waals surface area contributed by atoms with Gasteiger partial charge < -0.3 is 15.5 Å². The molecule has 0 radical (unpaired) electrons. The molecular formula is C15H27NO3. The van der Waals surface area contributed by atoms with Gasteiger partial charge in [-0.15, -0.1) is 0 Å². The second-order valence-corrected chi connectivity index (χ2v) is 6.52. The van der Waals surface area contributed by atoms with Crippen LogP contribution in [0.15, 0.2) is 0 Å². The van der Waals surface area contributed by atoms with Crippen LogP contribution >= 0.6 is 0 Å². The molecule has 0 saturated heterocycles. The molecule has 2 saturated carbocycles. The first-order chi connectivity index (χ1) is 9.02. The SMILES string of the molecule is O=C(CC1(O)CCCC1)NCC1(O)CCCCCC1. The smallest absolute Gasteiger partial charge is 0.222 e. The van der Waals surface area contributed by atoms with E-state index in [0.29, 0.717) is 6.54 Å². The molecule has 2 aliphatic carbocycles. The van der Waals surface area contributed by atoms with Crippen molar-refractivity contribution in [3.8, 4) is 0 Å². The minimum Gasteiger partial charge on any atom is -0.389 e. The van der Waals surface area contributed by atoms with Crippen LogP contribution in [-0.2, 0) is 4.79 Å². The summed E-state index contributed by atoms with van der Waals surface area (Å²) in [6, 6.07) is 0. The highest BCUT2D eigenvalue weighted by molar-refractivity contribution is 5.77. The Kier molecular flexibility index (Phi) is 4.85. The van der Waals surface area contributed by atoms with Gasteiger partial charge in [-0.1, -0.05) is 38.5 Å². The van der Waals surface area contributed by atoms with Crippen molar-refractivity contribution in [1.82, 2.24) is 5.32 Å². The monoisotopic (exact) mass is 269 g/mol. The first-order valence-electron chi connectivity index (χ1n) is 7.73. The maximum absolute atomic E-state index is 11.9. The maximum atomic E-state index is 11.9. The fourth-order valence-corrected chi connectivity index (χ4v) is 3.40. The van der Waals surface area contributed by atoms with E-state index in [-0.39, 0.29) is 12.3 Å². The highest BCUT2D eigenvalue weighted by atomic mass is 16.3. The molecule has 0 bridgehead atoms. The molecule has 0 aromatic carbocycles. The van der Waals surface area contributed by atoms with E-state index < -0.39 is 11.2 Å². The Bertz CT molecular complexity index is 303. The van der Waals surface area contributed by atoms with Crippen LogP contribution in [0, 0.1) is 0 Å². The summed E-state index contributed by atoms with van der Waals surface area (Å²) in [4.78, 5) is 11.9. The van der Waals surface area contributed by atoms with Crippen LogP contribution in [0.1, 0.15) is 70.6 Å². The van der Waals surface area contributed by atoms with Gasteiger partial charge >= 0.3 is 0 Å². The van der Waals surface area contributed by atoms with Gasteiger partial charge in [0.05, 0.1) is 17.6 Å². The predicted molar refractivity (Wildman–Crippen MR) is 73.7 cm³/mol. The van der Waals surface area contributed by atoms with E-state index in [1.165, 1.54) is 12.8 Å². The third kappa shape index (κ3) is 4.46. The fourth-order valence-electron chi connectivity index (χ4n) is 3.40. The summed E-state index contributed by atoms with van der Waals surface area (Å²) in [5.41, 5.74) is -1.53. The standard InChI is InChI=1S/C15H27NO3/c17-13(11-14(18)7-5-6-8-14)16-12-15(19)9-3-1-2-4-10-15/h18-19H,1-12H2,(H,16,17). The van der Waals surface area contributed by atoms with E-state index in [4.69, 9.17) is 0 Å². The first kappa shape index (κ1) is 14.8. The number of carbonyl (C=O) groups excluding carboxylic acids is 1. The summed E-state index contributed by atoms with van der Waals surface area (Å²) in [6.45, 7) is 0.335. The maximum Gasteiger partial charge on any atom is 0.222 e.